The van der Waals surface area contributed by atoms with Gasteiger partial charge in [0.2, 0.25) is 5.89 Å². The average molecular weight is 345 g/mol. The minimum absolute atomic E-state index is 0.0754. The van der Waals surface area contributed by atoms with Gasteiger partial charge in [-0.25, -0.2) is 9.78 Å². The van der Waals surface area contributed by atoms with Crippen LogP contribution in [0, 0.1) is 0 Å². The molecular formula is C19H27N3O3. The molecule has 0 aliphatic carbocycles. The summed E-state index contributed by atoms with van der Waals surface area (Å²) < 4.78 is 11.4. The molecule has 2 amide bonds. The number of carbonyl (C=O) groups excluding carboxylic acids is 1. The van der Waals surface area contributed by atoms with Gasteiger partial charge in [0, 0.05) is 24.2 Å². The highest BCUT2D eigenvalue weighted by atomic mass is 16.5. The molecule has 25 heavy (non-hydrogen) atoms. The lowest BCUT2D eigenvalue weighted by Crippen LogP contribution is -2.40. The number of amides is 2. The Hall–Kier alpha value is -2.50. The standard InChI is InChI=1S/C19H27N3O3/c1-13(2)21-18(23)22(6)14-7-9-15(10-8-14)24-12-17-20-11-16(25-17)19(3,4)5/h7-11,13H,12H2,1-6H3,(H,21,23). The first-order valence-corrected chi connectivity index (χ1v) is 8.39. The number of carbonyl (C=O) groups is 1. The molecule has 0 atom stereocenters. The molecule has 1 N–H and O–H groups in total. The van der Waals surface area contributed by atoms with Crippen molar-refractivity contribution < 1.29 is 13.9 Å². The Balaban J connectivity index is 1.94. The molecule has 2 rings (SSSR count). The van der Waals surface area contributed by atoms with Gasteiger partial charge in [0.15, 0.2) is 6.61 Å². The Kier molecular flexibility index (Phi) is 5.72. The van der Waals surface area contributed by atoms with Gasteiger partial charge in [-0.3, -0.25) is 4.90 Å². The van der Waals surface area contributed by atoms with Crippen molar-refractivity contribution in [3.8, 4) is 5.75 Å². The van der Waals surface area contributed by atoms with Gasteiger partial charge >= 0.3 is 6.03 Å². The van der Waals surface area contributed by atoms with Gasteiger partial charge in [-0.2, -0.15) is 0 Å². The van der Waals surface area contributed by atoms with Crippen molar-refractivity contribution in [1.82, 2.24) is 10.3 Å². The van der Waals surface area contributed by atoms with E-state index in [1.165, 1.54) is 0 Å². The van der Waals surface area contributed by atoms with Crippen LogP contribution in [0.4, 0.5) is 10.5 Å². The Morgan fingerprint density at radius 1 is 1.28 bits per heavy atom. The van der Waals surface area contributed by atoms with Gasteiger partial charge in [0.25, 0.3) is 0 Å². The normalized spacial score (nSPS) is 11.5. The first kappa shape index (κ1) is 18.8. The van der Waals surface area contributed by atoms with Crippen molar-refractivity contribution >= 4 is 11.7 Å². The van der Waals surface area contributed by atoms with Crippen LogP contribution in [0.25, 0.3) is 0 Å². The molecule has 0 spiro atoms. The fraction of sp³-hybridized carbons (Fsp3) is 0.474. The van der Waals surface area contributed by atoms with Crippen LogP contribution in [0.5, 0.6) is 5.75 Å². The number of hydrogen-bond donors (Lipinski definition) is 1. The predicted octanol–water partition coefficient (Wildman–Crippen LogP) is 4.11. The summed E-state index contributed by atoms with van der Waals surface area (Å²) in [7, 11) is 1.73. The number of anilines is 1. The first-order valence-electron chi connectivity index (χ1n) is 8.39. The van der Waals surface area contributed by atoms with Crippen LogP contribution >= 0.6 is 0 Å². The molecular weight excluding hydrogens is 318 g/mol. The molecule has 0 unspecified atom stereocenters. The number of nitrogens with one attached hydrogen (secondary N) is 1. The van der Waals surface area contributed by atoms with E-state index in [1.807, 2.05) is 38.1 Å². The predicted molar refractivity (Wildman–Crippen MR) is 98.0 cm³/mol. The summed E-state index contributed by atoms with van der Waals surface area (Å²) in [5, 5.41) is 2.85. The number of urea groups is 1. The quantitative estimate of drug-likeness (QED) is 0.886. The highest BCUT2D eigenvalue weighted by Gasteiger charge is 2.19. The van der Waals surface area contributed by atoms with Crippen LogP contribution < -0.4 is 15.0 Å². The summed E-state index contributed by atoms with van der Waals surface area (Å²) in [6.45, 7) is 10.3. The SMILES string of the molecule is CC(C)NC(=O)N(C)c1ccc(OCc2ncc(C(C)(C)C)o2)cc1. The third-order valence-corrected chi connectivity index (χ3v) is 3.60. The molecule has 1 heterocycles. The zero-order chi connectivity index (χ0) is 18.6. The highest BCUT2D eigenvalue weighted by Crippen LogP contribution is 2.24. The van der Waals surface area contributed by atoms with E-state index in [0.717, 1.165) is 11.4 Å². The minimum atomic E-state index is -0.141. The molecule has 0 saturated heterocycles. The van der Waals surface area contributed by atoms with E-state index in [-0.39, 0.29) is 24.1 Å². The zero-order valence-corrected chi connectivity index (χ0v) is 15.8. The lowest BCUT2D eigenvalue weighted by molar-refractivity contribution is 0.245. The number of hydrogen-bond acceptors (Lipinski definition) is 4. The number of ether oxygens (including phenoxy) is 1. The number of oxazole rings is 1. The molecule has 1 aromatic heterocycles. The van der Waals surface area contributed by atoms with Crippen LogP contribution in [0.2, 0.25) is 0 Å². The second-order valence-electron chi connectivity index (χ2n) is 7.31. The zero-order valence-electron chi connectivity index (χ0n) is 15.8. The summed E-state index contributed by atoms with van der Waals surface area (Å²) in [5.41, 5.74) is 0.713. The fourth-order valence-electron chi connectivity index (χ4n) is 2.10. The molecule has 0 aliphatic heterocycles. The monoisotopic (exact) mass is 345 g/mol. The van der Waals surface area contributed by atoms with E-state index in [0.29, 0.717) is 11.6 Å². The van der Waals surface area contributed by atoms with Gasteiger partial charge in [0.1, 0.15) is 11.5 Å². The van der Waals surface area contributed by atoms with Crippen LogP contribution in [0.1, 0.15) is 46.3 Å². The maximum Gasteiger partial charge on any atom is 0.321 e. The Labute approximate surface area is 149 Å². The fourth-order valence-corrected chi connectivity index (χ4v) is 2.10. The summed E-state index contributed by atoms with van der Waals surface area (Å²) in [6.07, 6.45) is 1.74. The molecule has 0 saturated carbocycles. The molecule has 0 radical (unpaired) electrons. The lowest BCUT2D eigenvalue weighted by Gasteiger charge is -2.20. The Morgan fingerprint density at radius 2 is 1.92 bits per heavy atom. The molecule has 6 heteroatoms. The van der Waals surface area contributed by atoms with Crippen molar-refractivity contribution in [3.05, 3.63) is 42.1 Å². The maximum atomic E-state index is 12.0. The molecule has 6 nitrogen and oxygen atoms in total. The van der Waals surface area contributed by atoms with Crippen molar-refractivity contribution in [1.29, 1.82) is 0 Å². The Bertz CT molecular complexity index is 699. The van der Waals surface area contributed by atoms with Gasteiger partial charge in [-0.15, -0.1) is 0 Å². The maximum absolute atomic E-state index is 12.0. The lowest BCUT2D eigenvalue weighted by atomic mass is 9.94. The van der Waals surface area contributed by atoms with E-state index in [9.17, 15) is 4.79 Å². The summed E-state index contributed by atoms with van der Waals surface area (Å²) in [6, 6.07) is 7.27. The second-order valence-corrected chi connectivity index (χ2v) is 7.31. The van der Waals surface area contributed by atoms with Crippen LogP contribution in [0.15, 0.2) is 34.9 Å². The number of rotatable bonds is 5. The molecule has 0 bridgehead atoms. The van der Waals surface area contributed by atoms with Crippen LogP contribution in [-0.2, 0) is 12.0 Å². The van der Waals surface area contributed by atoms with E-state index in [2.05, 4.69) is 31.1 Å². The smallest absolute Gasteiger partial charge is 0.321 e. The van der Waals surface area contributed by atoms with E-state index < -0.39 is 0 Å². The molecule has 0 aliphatic rings. The average Bonchev–Trinajstić information content (AvgIpc) is 3.01. The van der Waals surface area contributed by atoms with Gasteiger partial charge < -0.3 is 14.5 Å². The summed E-state index contributed by atoms with van der Waals surface area (Å²) in [5.74, 6) is 2.07. The van der Waals surface area contributed by atoms with Crippen molar-refractivity contribution in [2.75, 3.05) is 11.9 Å². The van der Waals surface area contributed by atoms with Crippen molar-refractivity contribution in [2.45, 2.75) is 52.7 Å². The van der Waals surface area contributed by atoms with E-state index >= 15 is 0 Å². The third kappa shape index (κ3) is 5.24. The summed E-state index contributed by atoms with van der Waals surface area (Å²) >= 11 is 0. The first-order chi connectivity index (χ1) is 11.7. The molecule has 2 aromatic rings. The number of nitrogens with zero attached hydrogens (tertiary/aromatic N) is 2. The van der Waals surface area contributed by atoms with Gasteiger partial charge in [-0.1, -0.05) is 20.8 Å². The summed E-state index contributed by atoms with van der Waals surface area (Å²) in [4.78, 5) is 17.8. The highest BCUT2D eigenvalue weighted by molar-refractivity contribution is 5.91. The number of aromatic nitrogens is 1. The minimum Gasteiger partial charge on any atom is -0.484 e. The molecule has 0 fully saturated rings. The van der Waals surface area contributed by atoms with Crippen molar-refractivity contribution in [3.63, 3.8) is 0 Å². The molecule has 136 valence electrons. The topological polar surface area (TPSA) is 67.6 Å². The van der Waals surface area contributed by atoms with Crippen molar-refractivity contribution in [2.24, 2.45) is 0 Å². The second kappa shape index (κ2) is 7.59. The Morgan fingerprint density at radius 3 is 2.44 bits per heavy atom. The van der Waals surface area contributed by atoms with Crippen LogP contribution in [-0.4, -0.2) is 24.1 Å². The number of benzene rings is 1. The molecule has 1 aromatic carbocycles. The van der Waals surface area contributed by atoms with E-state index in [1.54, 1.807) is 18.1 Å². The van der Waals surface area contributed by atoms with Gasteiger partial charge in [-0.05, 0) is 38.1 Å². The van der Waals surface area contributed by atoms with Gasteiger partial charge in [0.05, 0.1) is 6.20 Å². The largest absolute Gasteiger partial charge is 0.484 e. The van der Waals surface area contributed by atoms with E-state index in [4.69, 9.17) is 9.15 Å². The van der Waals surface area contributed by atoms with Crippen LogP contribution in [0.3, 0.4) is 0 Å². The third-order valence-electron chi connectivity index (χ3n) is 3.60.